The molecule has 0 atom stereocenters. The molecule has 1 N–H and O–H groups in total. The van der Waals surface area contributed by atoms with Crippen LogP contribution < -0.4 is 0 Å². The van der Waals surface area contributed by atoms with Crippen LogP contribution in [0.5, 0.6) is 0 Å². The zero-order valence-corrected chi connectivity index (χ0v) is 10.5. The van der Waals surface area contributed by atoms with E-state index in [4.69, 9.17) is 4.74 Å². The van der Waals surface area contributed by atoms with E-state index in [1.807, 2.05) is 0 Å². The van der Waals surface area contributed by atoms with Gasteiger partial charge in [0.05, 0.1) is 5.41 Å². The summed E-state index contributed by atoms with van der Waals surface area (Å²) in [4.78, 5) is 11.4. The highest BCUT2D eigenvalue weighted by Gasteiger charge is 2.41. The summed E-state index contributed by atoms with van der Waals surface area (Å²) in [5, 5.41) is 9.38. The van der Waals surface area contributed by atoms with Gasteiger partial charge in [0.1, 0.15) is 0 Å². The Bertz CT molecular complexity index is 217. The average Bonchev–Trinajstić information content (AvgIpc) is 2.28. The summed E-state index contributed by atoms with van der Waals surface area (Å²) in [5.74, 6) is 0.125. The Morgan fingerprint density at radius 3 is 2.50 bits per heavy atom. The Labute approximate surface area is 98.2 Å². The molecule has 1 saturated carbocycles. The quantitative estimate of drug-likeness (QED) is 0.760. The van der Waals surface area contributed by atoms with Crippen LogP contribution in [-0.2, 0) is 9.53 Å². The molecule has 3 heteroatoms. The van der Waals surface area contributed by atoms with Gasteiger partial charge in [0.15, 0.2) is 0 Å². The Kier molecular flexibility index (Phi) is 5.26. The molecule has 1 aliphatic carbocycles. The molecule has 0 heterocycles. The molecule has 1 rings (SSSR count). The first-order valence-electron chi connectivity index (χ1n) is 6.37. The minimum absolute atomic E-state index is 0.500. The van der Waals surface area contributed by atoms with Gasteiger partial charge in [-0.1, -0.05) is 19.8 Å². The minimum Gasteiger partial charge on any atom is -0.481 e. The number of hydrogen-bond donors (Lipinski definition) is 1. The van der Waals surface area contributed by atoms with Crippen molar-refractivity contribution in [3.63, 3.8) is 0 Å². The van der Waals surface area contributed by atoms with E-state index >= 15 is 0 Å². The van der Waals surface area contributed by atoms with E-state index in [1.165, 1.54) is 12.8 Å². The molecule has 0 radical (unpaired) electrons. The van der Waals surface area contributed by atoms with Gasteiger partial charge in [-0.05, 0) is 38.0 Å². The van der Waals surface area contributed by atoms with Crippen molar-refractivity contribution in [3.05, 3.63) is 0 Å². The largest absolute Gasteiger partial charge is 0.481 e. The molecule has 0 spiro atoms. The number of carboxylic acids is 1. The molecule has 0 aromatic heterocycles. The maximum absolute atomic E-state index is 11.4. The highest BCUT2D eigenvalue weighted by atomic mass is 16.5. The lowest BCUT2D eigenvalue weighted by atomic mass is 9.68. The fourth-order valence-electron chi connectivity index (χ4n) is 2.80. The number of aliphatic carboxylic acids is 1. The third-order valence-electron chi connectivity index (χ3n) is 4.00. The third-order valence-corrected chi connectivity index (χ3v) is 4.00. The van der Waals surface area contributed by atoms with Crippen LogP contribution in [0.2, 0.25) is 0 Å². The summed E-state index contributed by atoms with van der Waals surface area (Å²) in [6.45, 7) is 2.76. The molecule has 3 nitrogen and oxygen atoms in total. The topological polar surface area (TPSA) is 46.5 Å². The van der Waals surface area contributed by atoms with Crippen LogP contribution >= 0.6 is 0 Å². The van der Waals surface area contributed by atoms with E-state index < -0.39 is 11.4 Å². The molecule has 0 aromatic rings. The fourth-order valence-corrected chi connectivity index (χ4v) is 2.80. The maximum atomic E-state index is 11.4. The van der Waals surface area contributed by atoms with Crippen molar-refractivity contribution in [2.75, 3.05) is 13.7 Å². The predicted octanol–water partition coefficient (Wildman–Crippen LogP) is 3.08. The lowest BCUT2D eigenvalue weighted by Gasteiger charge is -2.36. The van der Waals surface area contributed by atoms with Crippen molar-refractivity contribution in [2.45, 2.75) is 51.9 Å². The molecule has 1 aliphatic rings. The standard InChI is InChI=1S/C13H24O3/c1-3-4-11-5-7-13(8-6-11,12(14)15)9-10-16-2/h11H,3-10H2,1-2H3,(H,14,15). The number of hydrogen-bond acceptors (Lipinski definition) is 2. The first-order valence-corrected chi connectivity index (χ1v) is 6.37. The zero-order chi connectivity index (χ0) is 12.0. The highest BCUT2D eigenvalue weighted by Crippen LogP contribution is 2.43. The lowest BCUT2D eigenvalue weighted by Crippen LogP contribution is -2.36. The van der Waals surface area contributed by atoms with Gasteiger partial charge in [0.25, 0.3) is 0 Å². The van der Waals surface area contributed by atoms with Crippen LogP contribution in [0.1, 0.15) is 51.9 Å². The van der Waals surface area contributed by atoms with Gasteiger partial charge >= 0.3 is 5.97 Å². The fraction of sp³-hybridized carbons (Fsp3) is 0.923. The second-order valence-electron chi connectivity index (χ2n) is 5.06. The van der Waals surface area contributed by atoms with Crippen LogP contribution in [0.25, 0.3) is 0 Å². The average molecular weight is 228 g/mol. The second-order valence-corrected chi connectivity index (χ2v) is 5.06. The first kappa shape index (κ1) is 13.5. The van der Waals surface area contributed by atoms with Crippen LogP contribution in [0.3, 0.4) is 0 Å². The van der Waals surface area contributed by atoms with Crippen LogP contribution in [0.4, 0.5) is 0 Å². The molecule has 0 saturated heterocycles. The predicted molar refractivity (Wildman–Crippen MR) is 63.4 cm³/mol. The first-order chi connectivity index (χ1) is 7.64. The molecule has 0 unspecified atom stereocenters. The van der Waals surface area contributed by atoms with Crippen molar-refractivity contribution in [1.82, 2.24) is 0 Å². The summed E-state index contributed by atoms with van der Waals surface area (Å²) >= 11 is 0. The van der Waals surface area contributed by atoms with E-state index in [2.05, 4.69) is 6.92 Å². The summed E-state index contributed by atoms with van der Waals surface area (Å²) in [6, 6.07) is 0. The molecule has 94 valence electrons. The normalized spacial score (nSPS) is 30.2. The van der Waals surface area contributed by atoms with Crippen LogP contribution in [-0.4, -0.2) is 24.8 Å². The van der Waals surface area contributed by atoms with E-state index in [0.29, 0.717) is 13.0 Å². The summed E-state index contributed by atoms with van der Waals surface area (Å²) in [7, 11) is 1.64. The summed E-state index contributed by atoms with van der Waals surface area (Å²) < 4.78 is 5.03. The molecule has 0 bridgehead atoms. The zero-order valence-electron chi connectivity index (χ0n) is 10.5. The van der Waals surface area contributed by atoms with Gasteiger partial charge in [-0.2, -0.15) is 0 Å². The number of methoxy groups -OCH3 is 1. The highest BCUT2D eigenvalue weighted by molar-refractivity contribution is 5.74. The van der Waals surface area contributed by atoms with E-state index in [1.54, 1.807) is 7.11 Å². The number of carbonyl (C=O) groups is 1. The van der Waals surface area contributed by atoms with Crippen molar-refractivity contribution < 1.29 is 14.6 Å². The number of carboxylic acid groups (broad SMARTS) is 1. The third kappa shape index (κ3) is 3.21. The Hall–Kier alpha value is -0.570. The maximum Gasteiger partial charge on any atom is 0.309 e. The molecule has 16 heavy (non-hydrogen) atoms. The van der Waals surface area contributed by atoms with Crippen molar-refractivity contribution in [2.24, 2.45) is 11.3 Å². The SMILES string of the molecule is CCCC1CCC(CCOC)(C(=O)O)CC1. The minimum atomic E-state index is -0.625. The monoisotopic (exact) mass is 228 g/mol. The Balaban J connectivity index is 2.52. The molecule has 0 amide bonds. The second kappa shape index (κ2) is 6.24. The molecular formula is C13H24O3. The van der Waals surface area contributed by atoms with Crippen LogP contribution in [0.15, 0.2) is 0 Å². The van der Waals surface area contributed by atoms with Gasteiger partial charge in [-0.15, -0.1) is 0 Å². The molecular weight excluding hydrogens is 204 g/mol. The molecule has 0 aliphatic heterocycles. The Morgan fingerprint density at radius 1 is 1.44 bits per heavy atom. The summed E-state index contributed by atoms with van der Waals surface area (Å²) in [5.41, 5.74) is -0.500. The van der Waals surface area contributed by atoms with Gasteiger partial charge in [0, 0.05) is 13.7 Å². The summed E-state index contributed by atoms with van der Waals surface area (Å²) in [6.07, 6.45) is 6.93. The van der Waals surface area contributed by atoms with Gasteiger partial charge in [-0.3, -0.25) is 4.79 Å². The number of rotatable bonds is 6. The number of ether oxygens (including phenoxy) is 1. The lowest BCUT2D eigenvalue weighted by molar-refractivity contribution is -0.153. The molecule has 1 fully saturated rings. The van der Waals surface area contributed by atoms with Gasteiger partial charge < -0.3 is 9.84 Å². The Morgan fingerprint density at radius 2 is 2.06 bits per heavy atom. The smallest absolute Gasteiger partial charge is 0.309 e. The van der Waals surface area contributed by atoms with E-state index in [0.717, 1.165) is 31.6 Å². The van der Waals surface area contributed by atoms with Crippen molar-refractivity contribution in [1.29, 1.82) is 0 Å². The van der Waals surface area contributed by atoms with Crippen molar-refractivity contribution in [3.8, 4) is 0 Å². The van der Waals surface area contributed by atoms with Crippen molar-refractivity contribution >= 4 is 5.97 Å². The van der Waals surface area contributed by atoms with E-state index in [-0.39, 0.29) is 0 Å². The van der Waals surface area contributed by atoms with E-state index in [9.17, 15) is 9.90 Å². The van der Waals surface area contributed by atoms with Gasteiger partial charge in [-0.25, -0.2) is 0 Å². The van der Waals surface area contributed by atoms with Gasteiger partial charge in [0.2, 0.25) is 0 Å². The van der Waals surface area contributed by atoms with Crippen LogP contribution in [0, 0.1) is 11.3 Å². The molecule has 0 aromatic carbocycles.